The van der Waals surface area contributed by atoms with Gasteiger partial charge in [0, 0.05) is 13.1 Å². The summed E-state index contributed by atoms with van der Waals surface area (Å²) in [5, 5.41) is 0. The zero-order valence-electron chi connectivity index (χ0n) is 10.1. The number of halogens is 3. The van der Waals surface area contributed by atoms with E-state index in [0.717, 1.165) is 0 Å². The van der Waals surface area contributed by atoms with Crippen molar-refractivity contribution in [1.29, 1.82) is 0 Å². The van der Waals surface area contributed by atoms with Crippen LogP contribution in [0.1, 0.15) is 13.8 Å². The van der Waals surface area contributed by atoms with Crippen LogP contribution in [0.15, 0.2) is 0 Å². The third kappa shape index (κ3) is 6.48. The highest BCUT2D eigenvalue weighted by Gasteiger charge is 2.39. The third-order valence-electron chi connectivity index (χ3n) is 2.33. The number of esters is 1. The predicted molar refractivity (Wildman–Crippen MR) is 57.3 cm³/mol. The second kappa shape index (κ2) is 7.50. The molecule has 0 rings (SSSR count). The molecule has 0 amide bonds. The molecule has 0 radical (unpaired) electrons. The molecule has 0 aliphatic carbocycles. The zero-order chi connectivity index (χ0) is 13.5. The van der Waals surface area contributed by atoms with E-state index in [-0.39, 0.29) is 19.7 Å². The van der Waals surface area contributed by atoms with E-state index in [1.54, 1.807) is 13.8 Å². The summed E-state index contributed by atoms with van der Waals surface area (Å²) < 4.78 is 42.1. The molecule has 0 saturated heterocycles. The summed E-state index contributed by atoms with van der Waals surface area (Å²) in [7, 11) is 0. The van der Waals surface area contributed by atoms with Crippen LogP contribution in [0.5, 0.6) is 0 Å². The molecule has 0 bridgehead atoms. The lowest BCUT2D eigenvalue weighted by Gasteiger charge is -2.26. The fourth-order valence-electron chi connectivity index (χ4n) is 1.32. The molecule has 17 heavy (non-hydrogen) atoms. The molecule has 0 aromatic rings. The molecule has 0 spiro atoms. The first-order chi connectivity index (χ1) is 7.85. The molecule has 0 aromatic carbocycles. The minimum atomic E-state index is -4.34. The molecular formula is C10H19F3N2O2. The Kier molecular flexibility index (Phi) is 7.13. The first kappa shape index (κ1) is 16.2. The average Bonchev–Trinajstić information content (AvgIpc) is 2.22. The highest BCUT2D eigenvalue weighted by molar-refractivity contribution is 5.71. The van der Waals surface area contributed by atoms with E-state index in [1.165, 1.54) is 4.90 Å². The molecule has 7 heteroatoms. The molecule has 0 saturated carbocycles. The fraction of sp³-hybridized carbons (Fsp3) is 0.900. The molecule has 4 nitrogen and oxygen atoms in total. The van der Waals surface area contributed by atoms with E-state index in [9.17, 15) is 18.0 Å². The Morgan fingerprint density at radius 3 is 2.35 bits per heavy atom. The lowest BCUT2D eigenvalue weighted by atomic mass is 10.1. The molecule has 0 heterocycles. The number of nitrogens with two attached hydrogens (primary N) is 1. The zero-order valence-corrected chi connectivity index (χ0v) is 10.1. The third-order valence-corrected chi connectivity index (χ3v) is 2.33. The lowest BCUT2D eigenvalue weighted by molar-refractivity contribution is -0.177. The summed E-state index contributed by atoms with van der Waals surface area (Å²) in [5.74, 6) is -2.14. The Hall–Kier alpha value is -0.820. The van der Waals surface area contributed by atoms with Gasteiger partial charge in [0.25, 0.3) is 0 Å². The van der Waals surface area contributed by atoms with Crippen LogP contribution in [0.2, 0.25) is 0 Å². The quantitative estimate of drug-likeness (QED) is 0.691. The maximum Gasteiger partial charge on any atom is 0.394 e. The maximum absolute atomic E-state index is 12.5. The van der Waals surface area contributed by atoms with Crippen LogP contribution in [0.4, 0.5) is 13.2 Å². The Balaban J connectivity index is 4.32. The van der Waals surface area contributed by atoms with E-state index in [1.807, 2.05) is 0 Å². The number of hydrogen-bond acceptors (Lipinski definition) is 4. The van der Waals surface area contributed by atoms with Gasteiger partial charge in [-0.05, 0) is 13.5 Å². The van der Waals surface area contributed by atoms with Crippen LogP contribution in [0.25, 0.3) is 0 Å². The highest BCUT2D eigenvalue weighted by Crippen LogP contribution is 2.26. The van der Waals surface area contributed by atoms with Gasteiger partial charge in [0.2, 0.25) is 0 Å². The Bertz CT molecular complexity index is 234. The monoisotopic (exact) mass is 256 g/mol. The second-order valence-corrected chi connectivity index (χ2v) is 3.61. The number of alkyl halides is 3. The van der Waals surface area contributed by atoms with E-state index in [4.69, 9.17) is 5.73 Å². The molecule has 1 unspecified atom stereocenters. The minimum Gasteiger partial charge on any atom is -0.465 e. The van der Waals surface area contributed by atoms with Crippen molar-refractivity contribution in [2.24, 2.45) is 11.7 Å². The van der Waals surface area contributed by atoms with Gasteiger partial charge in [0.15, 0.2) is 0 Å². The Morgan fingerprint density at radius 2 is 2.00 bits per heavy atom. The van der Waals surface area contributed by atoms with E-state index in [2.05, 4.69) is 4.74 Å². The summed E-state index contributed by atoms with van der Waals surface area (Å²) in [5.41, 5.74) is 5.09. The smallest absolute Gasteiger partial charge is 0.394 e. The number of rotatable bonds is 7. The molecule has 102 valence electrons. The van der Waals surface area contributed by atoms with Crippen LogP contribution in [0, 0.1) is 5.92 Å². The Morgan fingerprint density at radius 1 is 1.41 bits per heavy atom. The van der Waals surface area contributed by atoms with Crippen molar-refractivity contribution in [3.05, 3.63) is 0 Å². The van der Waals surface area contributed by atoms with Crippen molar-refractivity contribution in [2.45, 2.75) is 20.0 Å². The summed E-state index contributed by atoms with van der Waals surface area (Å²) >= 11 is 0. The molecule has 0 aliphatic rings. The van der Waals surface area contributed by atoms with Gasteiger partial charge in [0.05, 0.1) is 19.1 Å². The lowest BCUT2D eigenvalue weighted by Crippen LogP contribution is -2.42. The van der Waals surface area contributed by atoms with Crippen molar-refractivity contribution >= 4 is 5.97 Å². The van der Waals surface area contributed by atoms with Gasteiger partial charge in [-0.15, -0.1) is 0 Å². The van der Waals surface area contributed by atoms with Crippen molar-refractivity contribution in [1.82, 2.24) is 4.90 Å². The summed E-state index contributed by atoms with van der Waals surface area (Å²) in [4.78, 5) is 12.5. The van der Waals surface area contributed by atoms with Crippen LogP contribution in [-0.4, -0.2) is 49.8 Å². The van der Waals surface area contributed by atoms with Gasteiger partial charge in [0.1, 0.15) is 0 Å². The molecule has 1 atom stereocenters. The van der Waals surface area contributed by atoms with Gasteiger partial charge in [-0.3, -0.25) is 9.69 Å². The average molecular weight is 256 g/mol. The van der Waals surface area contributed by atoms with E-state index < -0.39 is 24.6 Å². The highest BCUT2D eigenvalue weighted by atomic mass is 19.4. The first-order valence-electron chi connectivity index (χ1n) is 5.49. The van der Waals surface area contributed by atoms with Crippen LogP contribution < -0.4 is 5.73 Å². The fourth-order valence-corrected chi connectivity index (χ4v) is 1.32. The number of carbonyl (C=O) groups is 1. The molecule has 0 fully saturated rings. The van der Waals surface area contributed by atoms with Crippen molar-refractivity contribution in [3.63, 3.8) is 0 Å². The first-order valence-corrected chi connectivity index (χ1v) is 5.49. The molecule has 2 N–H and O–H groups in total. The van der Waals surface area contributed by atoms with Gasteiger partial charge in [-0.25, -0.2) is 0 Å². The largest absolute Gasteiger partial charge is 0.465 e. The maximum atomic E-state index is 12.5. The van der Waals surface area contributed by atoms with E-state index in [0.29, 0.717) is 6.54 Å². The van der Waals surface area contributed by atoms with Crippen LogP contribution in [0.3, 0.4) is 0 Å². The van der Waals surface area contributed by atoms with Crippen molar-refractivity contribution in [2.75, 3.05) is 32.8 Å². The number of carbonyl (C=O) groups excluding carboxylic acids is 1. The molecule has 0 aliphatic heterocycles. The van der Waals surface area contributed by atoms with Gasteiger partial charge < -0.3 is 10.5 Å². The minimum absolute atomic E-state index is 0.142. The van der Waals surface area contributed by atoms with Gasteiger partial charge in [-0.2, -0.15) is 13.2 Å². The normalized spacial score (nSPS) is 13.8. The standard InChI is InChI=1S/C10H19F3N2O2/c1-3-15(7-9(16)17-4-2)6-8(5-14)10(11,12)13/h8H,3-7,14H2,1-2H3. The predicted octanol–water partition coefficient (Wildman–Crippen LogP) is 1.01. The SMILES string of the molecule is CCOC(=O)CN(CC)CC(CN)C(F)(F)F. The van der Waals surface area contributed by atoms with Gasteiger partial charge >= 0.3 is 12.1 Å². The molecular weight excluding hydrogens is 237 g/mol. The van der Waals surface area contributed by atoms with Crippen LogP contribution in [-0.2, 0) is 9.53 Å². The number of nitrogens with zero attached hydrogens (tertiary/aromatic N) is 1. The second-order valence-electron chi connectivity index (χ2n) is 3.61. The van der Waals surface area contributed by atoms with Crippen molar-refractivity contribution in [3.8, 4) is 0 Å². The summed E-state index contributed by atoms with van der Waals surface area (Å²) in [6, 6.07) is 0. The van der Waals surface area contributed by atoms with Crippen LogP contribution >= 0.6 is 0 Å². The Labute approximate surface area is 98.9 Å². The summed E-state index contributed by atoms with van der Waals surface area (Å²) in [6.45, 7) is 2.98. The molecule has 0 aromatic heterocycles. The number of ether oxygens (including phenoxy) is 1. The number of hydrogen-bond donors (Lipinski definition) is 1. The number of likely N-dealkylation sites (N-methyl/N-ethyl adjacent to an activating group) is 1. The van der Waals surface area contributed by atoms with Crippen molar-refractivity contribution < 1.29 is 22.7 Å². The summed E-state index contributed by atoms with van der Waals surface area (Å²) in [6.07, 6.45) is -4.34. The van der Waals surface area contributed by atoms with Gasteiger partial charge in [-0.1, -0.05) is 6.92 Å². The topological polar surface area (TPSA) is 55.6 Å². The van der Waals surface area contributed by atoms with E-state index >= 15 is 0 Å².